The molecule has 6 heteroatoms. The Morgan fingerprint density at radius 2 is 1.71 bits per heavy atom. The fraction of sp³-hybridized carbons (Fsp3) is 0.133. The predicted molar refractivity (Wildman–Crippen MR) is 72.8 cm³/mol. The van der Waals surface area contributed by atoms with Gasteiger partial charge in [-0.3, -0.25) is 0 Å². The van der Waals surface area contributed by atoms with Gasteiger partial charge in [0.15, 0.2) is 5.58 Å². The van der Waals surface area contributed by atoms with Gasteiger partial charge in [0, 0.05) is 6.54 Å². The summed E-state index contributed by atoms with van der Waals surface area (Å²) in [4.78, 5) is 4.16. The number of rotatable bonds is 3. The van der Waals surface area contributed by atoms with Crippen LogP contribution in [0.5, 0.6) is 0 Å². The van der Waals surface area contributed by atoms with Crippen molar-refractivity contribution in [2.45, 2.75) is 12.7 Å². The Hall–Kier alpha value is -2.50. The highest BCUT2D eigenvalue weighted by atomic mass is 19.4. The maximum Gasteiger partial charge on any atom is 0.416 e. The van der Waals surface area contributed by atoms with Crippen molar-refractivity contribution in [2.24, 2.45) is 0 Å². The lowest BCUT2D eigenvalue weighted by molar-refractivity contribution is -0.138. The molecule has 0 saturated heterocycles. The molecule has 0 unspecified atom stereocenters. The Labute approximate surface area is 118 Å². The highest BCUT2D eigenvalue weighted by molar-refractivity contribution is 5.74. The average Bonchev–Trinajstić information content (AvgIpc) is 2.87. The first-order valence-corrected chi connectivity index (χ1v) is 6.28. The molecule has 0 bridgehead atoms. The van der Waals surface area contributed by atoms with Gasteiger partial charge in [0.05, 0.1) is 5.56 Å². The van der Waals surface area contributed by atoms with Crippen molar-refractivity contribution in [2.75, 3.05) is 5.32 Å². The van der Waals surface area contributed by atoms with E-state index in [9.17, 15) is 13.2 Å². The van der Waals surface area contributed by atoms with Crippen LogP contribution < -0.4 is 5.32 Å². The van der Waals surface area contributed by atoms with E-state index in [1.165, 1.54) is 12.1 Å². The lowest BCUT2D eigenvalue weighted by atomic mass is 10.1. The topological polar surface area (TPSA) is 38.1 Å². The quantitative estimate of drug-likeness (QED) is 0.774. The zero-order valence-corrected chi connectivity index (χ0v) is 10.8. The molecular formula is C15H11F3N2O. The number of anilines is 1. The minimum Gasteiger partial charge on any atom is -0.424 e. The molecule has 21 heavy (non-hydrogen) atoms. The van der Waals surface area contributed by atoms with Gasteiger partial charge in [-0.05, 0) is 23.8 Å². The molecule has 1 aromatic heterocycles. The Bertz CT molecular complexity index is 732. The minimum atomic E-state index is -4.38. The molecule has 1 N–H and O–H groups in total. The third-order valence-electron chi connectivity index (χ3n) is 3.05. The smallest absolute Gasteiger partial charge is 0.416 e. The van der Waals surface area contributed by atoms with Crippen LogP contribution in [0, 0.1) is 0 Å². The standard InChI is InChI=1S/C15H11F3N2O/c16-15(17,18)11-6-2-1-5-10(11)9-19-14-20-12-7-3-4-8-13(12)21-14/h1-8H,9H2,(H,19,20). The van der Waals surface area contributed by atoms with E-state index in [2.05, 4.69) is 10.3 Å². The monoisotopic (exact) mass is 292 g/mol. The number of oxazole rings is 1. The highest BCUT2D eigenvalue weighted by Crippen LogP contribution is 2.32. The van der Waals surface area contributed by atoms with Crippen molar-refractivity contribution >= 4 is 17.1 Å². The number of fused-ring (bicyclic) bond motifs is 1. The minimum absolute atomic E-state index is 0.0114. The summed E-state index contributed by atoms with van der Waals surface area (Å²) in [5, 5.41) is 2.79. The summed E-state index contributed by atoms with van der Waals surface area (Å²) >= 11 is 0. The van der Waals surface area contributed by atoms with Crippen molar-refractivity contribution in [1.82, 2.24) is 4.98 Å². The van der Waals surface area contributed by atoms with Gasteiger partial charge in [-0.25, -0.2) is 0 Å². The molecule has 0 radical (unpaired) electrons. The SMILES string of the molecule is FC(F)(F)c1ccccc1CNc1nc2ccccc2o1. The maximum absolute atomic E-state index is 12.9. The summed E-state index contributed by atoms with van der Waals surface area (Å²) in [5.41, 5.74) is 0.731. The second kappa shape index (κ2) is 5.12. The van der Waals surface area contributed by atoms with Crippen LogP contribution in [0.4, 0.5) is 19.2 Å². The Morgan fingerprint density at radius 3 is 2.48 bits per heavy atom. The second-order valence-corrected chi connectivity index (χ2v) is 4.50. The van der Waals surface area contributed by atoms with E-state index >= 15 is 0 Å². The van der Waals surface area contributed by atoms with Crippen LogP contribution >= 0.6 is 0 Å². The molecule has 0 aliphatic rings. The lowest BCUT2D eigenvalue weighted by Crippen LogP contribution is -2.11. The number of benzene rings is 2. The van der Waals surface area contributed by atoms with Gasteiger partial charge in [-0.15, -0.1) is 0 Å². The second-order valence-electron chi connectivity index (χ2n) is 4.50. The van der Waals surface area contributed by atoms with Gasteiger partial charge in [0.2, 0.25) is 0 Å². The third kappa shape index (κ3) is 2.84. The van der Waals surface area contributed by atoms with Gasteiger partial charge >= 0.3 is 6.18 Å². The zero-order chi connectivity index (χ0) is 14.9. The van der Waals surface area contributed by atoms with Crippen LogP contribution in [-0.4, -0.2) is 4.98 Å². The molecule has 0 saturated carbocycles. The van der Waals surface area contributed by atoms with Crippen LogP contribution in [0.3, 0.4) is 0 Å². The summed E-state index contributed by atoms with van der Waals surface area (Å²) in [6, 6.07) is 12.8. The summed E-state index contributed by atoms with van der Waals surface area (Å²) < 4.78 is 44.0. The molecule has 0 aliphatic carbocycles. The van der Waals surface area contributed by atoms with Crippen LogP contribution in [0.15, 0.2) is 52.9 Å². The van der Waals surface area contributed by atoms with Gasteiger partial charge in [0.25, 0.3) is 6.01 Å². The predicted octanol–water partition coefficient (Wildman–Crippen LogP) is 4.46. The molecule has 0 fully saturated rings. The molecule has 3 aromatic rings. The Morgan fingerprint density at radius 1 is 1.00 bits per heavy atom. The van der Waals surface area contributed by atoms with Gasteiger partial charge in [-0.2, -0.15) is 18.2 Å². The van der Waals surface area contributed by atoms with E-state index in [0.717, 1.165) is 6.07 Å². The van der Waals surface area contributed by atoms with Gasteiger partial charge in [-0.1, -0.05) is 30.3 Å². The number of nitrogens with one attached hydrogen (secondary N) is 1. The molecule has 0 amide bonds. The van der Waals surface area contributed by atoms with Crippen molar-refractivity contribution in [3.63, 3.8) is 0 Å². The van der Waals surface area contributed by atoms with E-state index in [1.54, 1.807) is 24.3 Å². The van der Waals surface area contributed by atoms with Gasteiger partial charge in [0.1, 0.15) is 5.52 Å². The lowest BCUT2D eigenvalue weighted by Gasteiger charge is -2.12. The van der Waals surface area contributed by atoms with Crippen LogP contribution in [0.2, 0.25) is 0 Å². The number of nitrogens with zero attached hydrogens (tertiary/aromatic N) is 1. The first kappa shape index (κ1) is 13.5. The average molecular weight is 292 g/mol. The Balaban J connectivity index is 1.82. The van der Waals surface area contributed by atoms with Crippen LogP contribution in [-0.2, 0) is 12.7 Å². The van der Waals surface area contributed by atoms with E-state index < -0.39 is 11.7 Å². The zero-order valence-electron chi connectivity index (χ0n) is 10.8. The molecular weight excluding hydrogens is 281 g/mol. The number of hydrogen-bond acceptors (Lipinski definition) is 3. The molecule has 0 spiro atoms. The first-order chi connectivity index (χ1) is 10.0. The molecule has 2 aromatic carbocycles. The van der Waals surface area contributed by atoms with Gasteiger partial charge < -0.3 is 9.73 Å². The number of alkyl halides is 3. The maximum atomic E-state index is 12.9. The van der Waals surface area contributed by atoms with Crippen molar-refractivity contribution in [3.05, 3.63) is 59.7 Å². The van der Waals surface area contributed by atoms with Crippen molar-refractivity contribution in [3.8, 4) is 0 Å². The van der Waals surface area contributed by atoms with Crippen molar-refractivity contribution < 1.29 is 17.6 Å². The normalized spacial score (nSPS) is 11.8. The third-order valence-corrected chi connectivity index (χ3v) is 3.05. The Kier molecular flexibility index (Phi) is 3.29. The molecule has 3 nitrogen and oxygen atoms in total. The van der Waals surface area contributed by atoms with E-state index in [-0.39, 0.29) is 18.1 Å². The molecule has 1 heterocycles. The van der Waals surface area contributed by atoms with Crippen LogP contribution in [0.1, 0.15) is 11.1 Å². The van der Waals surface area contributed by atoms with E-state index in [1.807, 2.05) is 6.07 Å². The molecule has 0 atom stereocenters. The number of aromatic nitrogens is 1. The summed E-state index contributed by atoms with van der Waals surface area (Å²) in [7, 11) is 0. The van der Waals surface area contributed by atoms with E-state index in [0.29, 0.717) is 11.1 Å². The fourth-order valence-corrected chi connectivity index (χ4v) is 2.07. The molecule has 108 valence electrons. The number of para-hydroxylation sites is 2. The number of hydrogen-bond donors (Lipinski definition) is 1. The first-order valence-electron chi connectivity index (χ1n) is 6.28. The molecule has 3 rings (SSSR count). The summed E-state index contributed by atoms with van der Waals surface area (Å²) in [6.45, 7) is -0.0114. The summed E-state index contributed by atoms with van der Waals surface area (Å²) in [5.74, 6) is 0. The van der Waals surface area contributed by atoms with Crippen molar-refractivity contribution in [1.29, 1.82) is 0 Å². The highest BCUT2D eigenvalue weighted by Gasteiger charge is 2.32. The molecule has 0 aliphatic heterocycles. The number of halogens is 3. The van der Waals surface area contributed by atoms with E-state index in [4.69, 9.17) is 4.42 Å². The fourth-order valence-electron chi connectivity index (χ4n) is 2.07. The summed E-state index contributed by atoms with van der Waals surface area (Å²) in [6.07, 6.45) is -4.38. The van der Waals surface area contributed by atoms with Crippen LogP contribution in [0.25, 0.3) is 11.1 Å². The largest absolute Gasteiger partial charge is 0.424 e.